The minimum absolute atomic E-state index is 0.0608. The summed E-state index contributed by atoms with van der Waals surface area (Å²) in [4.78, 5) is 21.8. The van der Waals surface area contributed by atoms with Gasteiger partial charge in [0.1, 0.15) is 5.82 Å². The molecule has 3 N–H and O–H groups in total. The highest BCUT2D eigenvalue weighted by atomic mass is 32.2. The fourth-order valence-corrected chi connectivity index (χ4v) is 2.46. The van der Waals surface area contributed by atoms with Gasteiger partial charge in [0.15, 0.2) is 6.61 Å². The van der Waals surface area contributed by atoms with Crippen LogP contribution in [0.5, 0.6) is 5.75 Å². The Morgan fingerprint density at radius 3 is 2.46 bits per heavy atom. The van der Waals surface area contributed by atoms with E-state index in [4.69, 9.17) is 9.88 Å². The number of benzene rings is 2. The molecule has 1 amide bonds. The molecule has 0 heterocycles. The first kappa shape index (κ1) is 19.3. The van der Waals surface area contributed by atoms with Crippen molar-refractivity contribution >= 4 is 21.6 Å². The number of nitrogens with two attached hydrogens (primary N) is 1. The maximum atomic E-state index is 13.2. The van der Waals surface area contributed by atoms with Gasteiger partial charge < -0.3 is 10.1 Å². The van der Waals surface area contributed by atoms with Gasteiger partial charge in [-0.05, 0) is 23.8 Å². The molecule has 0 saturated heterocycles. The summed E-state index contributed by atoms with van der Waals surface area (Å²) in [6.07, 6.45) is 0. The summed E-state index contributed by atoms with van der Waals surface area (Å²) < 4.78 is 40.5. The zero-order valence-corrected chi connectivity index (χ0v) is 14.0. The van der Waals surface area contributed by atoms with Gasteiger partial charge >= 0.3 is 5.69 Å². The molecular formula is C15H14FN3O6S. The molecular weight excluding hydrogens is 369 g/mol. The lowest BCUT2D eigenvalue weighted by Crippen LogP contribution is -2.28. The number of carbonyl (C=O) groups is 1. The van der Waals surface area contributed by atoms with E-state index in [1.165, 1.54) is 24.3 Å². The molecule has 9 nitrogen and oxygen atoms in total. The smallest absolute Gasteiger partial charge is 0.311 e. The molecule has 0 spiro atoms. The zero-order valence-electron chi connectivity index (χ0n) is 13.2. The Morgan fingerprint density at radius 1 is 1.23 bits per heavy atom. The van der Waals surface area contributed by atoms with Crippen LogP contribution in [0.3, 0.4) is 0 Å². The fraction of sp³-hybridized carbons (Fsp3) is 0.133. The molecule has 2 rings (SSSR count). The summed E-state index contributed by atoms with van der Waals surface area (Å²) in [5, 5.41) is 18.3. The maximum Gasteiger partial charge on any atom is 0.311 e. The lowest BCUT2D eigenvalue weighted by molar-refractivity contribution is -0.385. The van der Waals surface area contributed by atoms with Crippen LogP contribution >= 0.6 is 0 Å². The molecule has 26 heavy (non-hydrogen) atoms. The Bertz CT molecular complexity index is 931. The summed E-state index contributed by atoms with van der Waals surface area (Å²) in [5.74, 6) is -1.69. The molecule has 0 atom stereocenters. The fourth-order valence-electron chi connectivity index (χ4n) is 1.95. The number of rotatable bonds is 7. The molecule has 2 aromatic rings. The number of nitrogens with zero attached hydrogens (tertiary/aromatic N) is 1. The van der Waals surface area contributed by atoms with Crippen molar-refractivity contribution in [3.05, 3.63) is 64.0 Å². The van der Waals surface area contributed by atoms with Crippen molar-refractivity contribution in [1.82, 2.24) is 5.32 Å². The summed E-state index contributed by atoms with van der Waals surface area (Å²) >= 11 is 0. The van der Waals surface area contributed by atoms with Gasteiger partial charge in [0.2, 0.25) is 15.8 Å². The molecule has 0 aliphatic carbocycles. The van der Waals surface area contributed by atoms with Crippen molar-refractivity contribution < 1.29 is 27.3 Å². The molecule has 0 fully saturated rings. The van der Waals surface area contributed by atoms with Gasteiger partial charge in [0.25, 0.3) is 5.91 Å². The number of nitrogens with one attached hydrogen (secondary N) is 1. The van der Waals surface area contributed by atoms with Crippen molar-refractivity contribution in [2.45, 2.75) is 11.4 Å². The molecule has 0 radical (unpaired) electrons. The van der Waals surface area contributed by atoms with E-state index in [2.05, 4.69) is 5.32 Å². The molecule has 0 saturated carbocycles. The summed E-state index contributed by atoms with van der Waals surface area (Å²) in [6.45, 7) is -0.488. The topological polar surface area (TPSA) is 142 Å². The highest BCUT2D eigenvalue weighted by Gasteiger charge is 2.17. The summed E-state index contributed by atoms with van der Waals surface area (Å²) in [7, 11) is -3.80. The second-order valence-electron chi connectivity index (χ2n) is 5.12. The van der Waals surface area contributed by atoms with Gasteiger partial charge in [-0.3, -0.25) is 14.9 Å². The minimum Gasteiger partial charge on any atom is -0.477 e. The number of nitro groups is 1. The number of amides is 1. The normalized spacial score (nSPS) is 11.0. The Kier molecular flexibility index (Phi) is 5.85. The second-order valence-corrected chi connectivity index (χ2v) is 6.68. The number of halogens is 1. The quantitative estimate of drug-likeness (QED) is 0.541. The van der Waals surface area contributed by atoms with E-state index in [1.807, 2.05) is 0 Å². The van der Waals surface area contributed by atoms with Crippen LogP contribution in [0, 0.1) is 15.9 Å². The van der Waals surface area contributed by atoms with Crippen LogP contribution in [0.4, 0.5) is 10.1 Å². The first-order chi connectivity index (χ1) is 12.2. The van der Waals surface area contributed by atoms with Crippen LogP contribution in [0.2, 0.25) is 0 Å². The van der Waals surface area contributed by atoms with E-state index in [-0.39, 0.29) is 17.2 Å². The Morgan fingerprint density at radius 2 is 1.88 bits per heavy atom. The summed E-state index contributed by atoms with van der Waals surface area (Å²) in [6, 6.07) is 8.20. The van der Waals surface area contributed by atoms with Crippen molar-refractivity contribution in [3.63, 3.8) is 0 Å². The molecule has 0 aliphatic rings. The molecule has 0 aliphatic heterocycles. The van der Waals surface area contributed by atoms with E-state index < -0.39 is 39.0 Å². The summed E-state index contributed by atoms with van der Waals surface area (Å²) in [5.41, 5.74) is 0.139. The minimum atomic E-state index is -3.80. The average Bonchev–Trinajstić information content (AvgIpc) is 2.57. The van der Waals surface area contributed by atoms with Gasteiger partial charge in [0.05, 0.1) is 9.82 Å². The number of primary sulfonamides is 1. The van der Waals surface area contributed by atoms with Gasteiger partial charge in [-0.15, -0.1) is 0 Å². The average molecular weight is 383 g/mol. The molecule has 11 heteroatoms. The van der Waals surface area contributed by atoms with Crippen LogP contribution in [0.25, 0.3) is 0 Å². The zero-order chi connectivity index (χ0) is 19.3. The predicted molar refractivity (Wildman–Crippen MR) is 88.2 cm³/mol. The van der Waals surface area contributed by atoms with Crippen molar-refractivity contribution in [2.24, 2.45) is 5.14 Å². The largest absolute Gasteiger partial charge is 0.477 e. The lowest BCUT2D eigenvalue weighted by atomic mass is 10.2. The maximum absolute atomic E-state index is 13.2. The Balaban J connectivity index is 1.92. The highest BCUT2D eigenvalue weighted by molar-refractivity contribution is 7.89. The molecule has 0 aromatic heterocycles. The third kappa shape index (κ3) is 5.22. The first-order valence-electron chi connectivity index (χ1n) is 7.12. The first-order valence-corrected chi connectivity index (χ1v) is 8.66. The van der Waals surface area contributed by atoms with Crippen LogP contribution in [-0.4, -0.2) is 25.9 Å². The lowest BCUT2D eigenvalue weighted by Gasteiger charge is -2.08. The predicted octanol–water partition coefficient (Wildman–Crippen LogP) is 1.08. The molecule has 0 bridgehead atoms. The van der Waals surface area contributed by atoms with Crippen molar-refractivity contribution in [1.29, 1.82) is 0 Å². The van der Waals surface area contributed by atoms with E-state index in [9.17, 15) is 27.7 Å². The van der Waals surface area contributed by atoms with Gasteiger partial charge in [-0.2, -0.15) is 0 Å². The van der Waals surface area contributed by atoms with Crippen LogP contribution < -0.4 is 15.2 Å². The molecule has 2 aromatic carbocycles. The van der Waals surface area contributed by atoms with Gasteiger partial charge in [0, 0.05) is 18.7 Å². The van der Waals surface area contributed by atoms with Crippen LogP contribution in [0.1, 0.15) is 5.56 Å². The second kappa shape index (κ2) is 7.89. The van der Waals surface area contributed by atoms with Crippen LogP contribution in [0.15, 0.2) is 47.4 Å². The van der Waals surface area contributed by atoms with Gasteiger partial charge in [-0.1, -0.05) is 12.1 Å². The molecule has 138 valence electrons. The van der Waals surface area contributed by atoms with Crippen molar-refractivity contribution in [3.8, 4) is 5.75 Å². The van der Waals surface area contributed by atoms with E-state index >= 15 is 0 Å². The third-order valence-electron chi connectivity index (χ3n) is 3.22. The standard InChI is InChI=1S/C15H14FN3O6S/c16-11-3-6-13(19(21)22)14(7-11)25-9-15(20)18-8-10-1-4-12(5-2-10)26(17,23)24/h1-7H,8-9H2,(H,18,20)(H2,17,23,24). The number of hydrogen-bond acceptors (Lipinski definition) is 6. The van der Waals surface area contributed by atoms with Crippen LogP contribution in [-0.2, 0) is 21.4 Å². The number of nitro benzene ring substituents is 1. The van der Waals surface area contributed by atoms with Gasteiger partial charge in [-0.25, -0.2) is 17.9 Å². The van der Waals surface area contributed by atoms with E-state index in [0.717, 1.165) is 18.2 Å². The van der Waals surface area contributed by atoms with E-state index in [0.29, 0.717) is 5.56 Å². The number of sulfonamides is 1. The Hall–Kier alpha value is -3.05. The number of hydrogen-bond donors (Lipinski definition) is 2. The molecule has 0 unspecified atom stereocenters. The number of ether oxygens (including phenoxy) is 1. The number of carbonyl (C=O) groups excluding carboxylic acids is 1. The third-order valence-corrected chi connectivity index (χ3v) is 4.15. The Labute approximate surface area is 147 Å². The van der Waals surface area contributed by atoms with E-state index in [1.54, 1.807) is 0 Å². The van der Waals surface area contributed by atoms with Crippen molar-refractivity contribution in [2.75, 3.05) is 6.61 Å². The SMILES string of the molecule is NS(=O)(=O)c1ccc(CNC(=O)COc2cc(F)ccc2[N+](=O)[O-])cc1. The highest BCUT2D eigenvalue weighted by Crippen LogP contribution is 2.27. The monoisotopic (exact) mass is 383 g/mol.